The van der Waals surface area contributed by atoms with Crippen LogP contribution in [0.2, 0.25) is 5.02 Å². The molecule has 0 unspecified atom stereocenters. The van der Waals surface area contributed by atoms with Crippen molar-refractivity contribution in [1.82, 2.24) is 10.3 Å². The topological polar surface area (TPSA) is 87.4 Å². The van der Waals surface area contributed by atoms with Crippen LogP contribution >= 0.6 is 11.6 Å². The van der Waals surface area contributed by atoms with Gasteiger partial charge >= 0.3 is 0 Å². The van der Waals surface area contributed by atoms with Gasteiger partial charge in [0, 0.05) is 59.4 Å². The molecule has 0 fully saturated rings. The lowest BCUT2D eigenvalue weighted by atomic mass is 10.0. The van der Waals surface area contributed by atoms with Crippen LogP contribution in [0.3, 0.4) is 0 Å². The van der Waals surface area contributed by atoms with Crippen LogP contribution in [-0.2, 0) is 19.8 Å². The molecule has 10 heteroatoms. The maximum absolute atomic E-state index is 15.3. The molecule has 3 aromatic carbocycles. The van der Waals surface area contributed by atoms with Gasteiger partial charge in [-0.2, -0.15) is 5.26 Å². The van der Waals surface area contributed by atoms with Crippen molar-refractivity contribution in [3.05, 3.63) is 112 Å². The average Bonchev–Trinajstić information content (AvgIpc) is 2.94. The highest BCUT2D eigenvalue weighted by Gasteiger charge is 2.17. The summed E-state index contributed by atoms with van der Waals surface area (Å²) in [6.07, 6.45) is 3.02. The molecule has 6 nitrogen and oxygen atoms in total. The largest absolute Gasteiger partial charge is 0.488 e. The third-order valence-electron chi connectivity index (χ3n) is 5.72. The summed E-state index contributed by atoms with van der Waals surface area (Å²) < 4.78 is 55.0. The summed E-state index contributed by atoms with van der Waals surface area (Å²) in [6, 6.07) is 14.1. The molecule has 0 aliphatic carbocycles. The molecule has 0 saturated carbocycles. The Morgan fingerprint density at radius 2 is 1.74 bits per heavy atom. The highest BCUT2D eigenvalue weighted by atomic mass is 35.5. The van der Waals surface area contributed by atoms with Crippen LogP contribution in [0.5, 0.6) is 11.5 Å². The van der Waals surface area contributed by atoms with Gasteiger partial charge in [0.1, 0.15) is 48.2 Å². The molecule has 2 N–H and O–H groups in total. The van der Waals surface area contributed by atoms with Crippen LogP contribution in [0.15, 0.2) is 67.0 Å². The summed E-state index contributed by atoms with van der Waals surface area (Å²) in [7, 11) is 0. The zero-order chi connectivity index (χ0) is 27.8. The fourth-order valence-corrected chi connectivity index (χ4v) is 4.05. The number of hydrogen-bond acceptors (Lipinski definition) is 6. The minimum Gasteiger partial charge on any atom is -0.488 e. The van der Waals surface area contributed by atoms with Crippen molar-refractivity contribution in [3.63, 3.8) is 0 Å². The molecule has 1 aromatic heterocycles. The SMILES string of the molecule is N#Cc1cncc(COc2cc(OCc3cccc(-c4cc(F)ccc4F)c3F)c(Cl)cc2CNCCO)c1. The number of benzene rings is 3. The van der Waals surface area contributed by atoms with E-state index in [1.807, 2.05) is 6.07 Å². The lowest BCUT2D eigenvalue weighted by Gasteiger charge is -2.17. The van der Waals surface area contributed by atoms with Crippen molar-refractivity contribution >= 4 is 11.6 Å². The minimum atomic E-state index is -0.751. The Bertz CT molecular complexity index is 1510. The Kier molecular flexibility index (Phi) is 9.39. The van der Waals surface area contributed by atoms with Gasteiger partial charge in [0.05, 0.1) is 17.2 Å². The number of ether oxygens (including phenoxy) is 2. The van der Waals surface area contributed by atoms with Gasteiger partial charge in [-0.1, -0.05) is 29.8 Å². The van der Waals surface area contributed by atoms with E-state index in [-0.39, 0.29) is 47.3 Å². The second-order valence-corrected chi connectivity index (χ2v) is 8.87. The van der Waals surface area contributed by atoms with Crippen LogP contribution in [0.25, 0.3) is 11.1 Å². The lowest BCUT2D eigenvalue weighted by molar-refractivity contribution is 0.281. The minimum absolute atomic E-state index is 0.0537. The van der Waals surface area contributed by atoms with Crippen molar-refractivity contribution < 1.29 is 27.8 Å². The lowest BCUT2D eigenvalue weighted by Crippen LogP contribution is -2.18. The van der Waals surface area contributed by atoms with E-state index in [2.05, 4.69) is 10.3 Å². The predicted octanol–water partition coefficient (Wildman–Crippen LogP) is 5.93. The molecule has 0 saturated heterocycles. The zero-order valence-electron chi connectivity index (χ0n) is 20.6. The second-order valence-electron chi connectivity index (χ2n) is 8.46. The van der Waals surface area contributed by atoms with Crippen LogP contribution in [0, 0.1) is 28.8 Å². The van der Waals surface area contributed by atoms with Crippen molar-refractivity contribution in [2.75, 3.05) is 13.2 Å². The van der Waals surface area contributed by atoms with Crippen molar-refractivity contribution in [2.45, 2.75) is 19.8 Å². The molecular formula is C29H23ClF3N3O3. The fraction of sp³-hybridized carbons (Fsp3) is 0.172. The van der Waals surface area contributed by atoms with Crippen molar-refractivity contribution in [2.24, 2.45) is 0 Å². The Labute approximate surface area is 228 Å². The number of hydrogen-bond donors (Lipinski definition) is 2. The number of aromatic nitrogens is 1. The molecule has 4 aromatic rings. The Morgan fingerprint density at radius 1 is 0.923 bits per heavy atom. The quantitative estimate of drug-likeness (QED) is 0.224. The van der Waals surface area contributed by atoms with Gasteiger partial charge < -0.3 is 19.9 Å². The Morgan fingerprint density at radius 3 is 2.54 bits per heavy atom. The molecule has 4 rings (SSSR count). The maximum atomic E-state index is 15.3. The van der Waals surface area contributed by atoms with E-state index in [1.54, 1.807) is 24.4 Å². The molecule has 1 heterocycles. The molecule has 0 radical (unpaired) electrons. The number of nitriles is 1. The summed E-state index contributed by atoms with van der Waals surface area (Å²) >= 11 is 6.45. The summed E-state index contributed by atoms with van der Waals surface area (Å²) in [5, 5.41) is 21.5. The van der Waals surface area contributed by atoms with Gasteiger partial charge in [0.25, 0.3) is 0 Å². The van der Waals surface area contributed by atoms with E-state index >= 15 is 4.39 Å². The van der Waals surface area contributed by atoms with E-state index in [4.69, 9.17) is 31.4 Å². The monoisotopic (exact) mass is 553 g/mol. The summed E-state index contributed by atoms with van der Waals surface area (Å²) in [4.78, 5) is 4.02. The number of aliphatic hydroxyl groups excluding tert-OH is 1. The number of nitrogens with one attached hydrogen (secondary N) is 1. The normalized spacial score (nSPS) is 10.8. The van der Waals surface area contributed by atoms with Crippen LogP contribution < -0.4 is 14.8 Å². The number of pyridine rings is 1. The maximum Gasteiger partial charge on any atom is 0.142 e. The van der Waals surface area contributed by atoms with E-state index in [0.717, 1.165) is 18.2 Å². The highest BCUT2D eigenvalue weighted by molar-refractivity contribution is 6.32. The third-order valence-corrected chi connectivity index (χ3v) is 6.01. The van der Waals surface area contributed by atoms with E-state index < -0.39 is 17.5 Å². The van der Waals surface area contributed by atoms with Crippen molar-refractivity contribution in [3.8, 4) is 28.7 Å². The molecule has 0 atom stereocenters. The molecule has 0 spiro atoms. The standard InChI is InChI=1S/C29H23ClF3N3O3/c30-25-9-21(15-35-6-7-37)27(38-16-19-8-18(12-34)13-36-14-19)11-28(25)39-17-20-2-1-3-23(29(20)33)24-10-22(31)4-5-26(24)32/h1-5,8-11,13-14,35,37H,6-7,15-17H2. The van der Waals surface area contributed by atoms with Gasteiger partial charge in [-0.3, -0.25) is 4.98 Å². The summed E-state index contributed by atoms with van der Waals surface area (Å²) in [6.45, 7) is 0.494. The van der Waals surface area contributed by atoms with Gasteiger partial charge in [-0.05, 0) is 30.3 Å². The van der Waals surface area contributed by atoms with Crippen LogP contribution in [0.1, 0.15) is 22.3 Å². The molecule has 0 aliphatic rings. The van der Waals surface area contributed by atoms with Gasteiger partial charge in [0.15, 0.2) is 0 Å². The third kappa shape index (κ3) is 7.06. The van der Waals surface area contributed by atoms with E-state index in [0.29, 0.717) is 35.5 Å². The summed E-state index contributed by atoms with van der Waals surface area (Å²) in [5.41, 5.74) is 1.56. The van der Waals surface area contributed by atoms with E-state index in [1.165, 1.54) is 24.4 Å². The molecule has 0 bridgehead atoms. The van der Waals surface area contributed by atoms with Gasteiger partial charge in [-0.15, -0.1) is 0 Å². The molecule has 200 valence electrons. The smallest absolute Gasteiger partial charge is 0.142 e. The number of rotatable bonds is 11. The number of aliphatic hydroxyl groups is 1. The predicted molar refractivity (Wildman–Crippen MR) is 140 cm³/mol. The number of halogens is 4. The fourth-order valence-electron chi connectivity index (χ4n) is 3.81. The first kappa shape index (κ1) is 27.9. The first-order chi connectivity index (χ1) is 18.9. The summed E-state index contributed by atoms with van der Waals surface area (Å²) in [5.74, 6) is -1.56. The first-order valence-corrected chi connectivity index (χ1v) is 12.2. The van der Waals surface area contributed by atoms with Crippen LogP contribution in [-0.4, -0.2) is 23.2 Å². The molecule has 39 heavy (non-hydrogen) atoms. The molecular weight excluding hydrogens is 531 g/mol. The number of nitrogens with zero attached hydrogens (tertiary/aromatic N) is 2. The highest BCUT2D eigenvalue weighted by Crippen LogP contribution is 2.35. The first-order valence-electron chi connectivity index (χ1n) is 11.9. The Hall–Kier alpha value is -4.10. The Balaban J connectivity index is 1.57. The molecule has 0 aliphatic heterocycles. The average molecular weight is 554 g/mol. The van der Waals surface area contributed by atoms with Gasteiger partial charge in [-0.25, -0.2) is 13.2 Å². The second kappa shape index (κ2) is 13.1. The van der Waals surface area contributed by atoms with E-state index in [9.17, 15) is 8.78 Å². The van der Waals surface area contributed by atoms with Gasteiger partial charge in [0.2, 0.25) is 0 Å². The zero-order valence-corrected chi connectivity index (χ0v) is 21.3. The van der Waals surface area contributed by atoms with Crippen molar-refractivity contribution in [1.29, 1.82) is 5.26 Å². The molecule has 0 amide bonds. The van der Waals surface area contributed by atoms with Crippen LogP contribution in [0.4, 0.5) is 13.2 Å².